The lowest BCUT2D eigenvalue weighted by Gasteiger charge is -2.20. The molecule has 1 amide bonds. The summed E-state index contributed by atoms with van der Waals surface area (Å²) in [5, 5.41) is 6.09. The first kappa shape index (κ1) is 29.3. The van der Waals surface area contributed by atoms with Crippen molar-refractivity contribution in [3.05, 3.63) is 86.2 Å². The van der Waals surface area contributed by atoms with Gasteiger partial charge in [0.15, 0.2) is 0 Å². The van der Waals surface area contributed by atoms with E-state index >= 15 is 0 Å². The Bertz CT molecular complexity index is 728. The maximum absolute atomic E-state index is 10.6. The largest absolute Gasteiger partial charge is 0.326 e. The van der Waals surface area contributed by atoms with Gasteiger partial charge in [0, 0.05) is 31.0 Å². The first-order valence-electron chi connectivity index (χ1n) is 11.4. The molecule has 1 heterocycles. The lowest BCUT2D eigenvalue weighted by atomic mass is 9.96. The SMILES string of the molecule is C=C.C=C.CC(=O)Nc1ccc(C)cc1.CCc1cccnc1.CNC1CC2CCC1C2. The number of aryl methyl sites for hydroxylation is 2. The van der Waals surface area contributed by atoms with E-state index in [4.69, 9.17) is 0 Å². The van der Waals surface area contributed by atoms with Crippen molar-refractivity contribution in [1.82, 2.24) is 10.3 Å². The fraction of sp³-hybridized carbons (Fsp3) is 0.429. The molecule has 32 heavy (non-hydrogen) atoms. The van der Waals surface area contributed by atoms with E-state index in [1.807, 2.05) is 43.5 Å². The number of fused-ring (bicyclic) bond motifs is 2. The number of aromatic nitrogens is 1. The highest BCUT2D eigenvalue weighted by molar-refractivity contribution is 5.88. The fourth-order valence-electron chi connectivity index (χ4n) is 4.05. The van der Waals surface area contributed by atoms with Crippen molar-refractivity contribution in [2.24, 2.45) is 11.8 Å². The highest BCUT2D eigenvalue weighted by Crippen LogP contribution is 2.44. The second kappa shape index (κ2) is 17.9. The molecule has 3 atom stereocenters. The van der Waals surface area contributed by atoms with Crippen molar-refractivity contribution >= 4 is 11.6 Å². The molecule has 0 saturated heterocycles. The summed E-state index contributed by atoms with van der Waals surface area (Å²) in [5.41, 5.74) is 3.34. The zero-order valence-corrected chi connectivity index (χ0v) is 20.6. The number of pyridine rings is 1. The van der Waals surface area contributed by atoms with Gasteiger partial charge in [0.05, 0.1) is 0 Å². The van der Waals surface area contributed by atoms with Crippen LogP contribution < -0.4 is 10.6 Å². The monoisotopic (exact) mass is 437 g/mol. The van der Waals surface area contributed by atoms with Crippen LogP contribution in [0, 0.1) is 18.8 Å². The molecule has 2 saturated carbocycles. The van der Waals surface area contributed by atoms with E-state index in [9.17, 15) is 4.79 Å². The number of hydrogen-bond donors (Lipinski definition) is 2. The number of benzene rings is 1. The molecular weight excluding hydrogens is 394 g/mol. The fourth-order valence-corrected chi connectivity index (χ4v) is 4.05. The highest BCUT2D eigenvalue weighted by atomic mass is 16.1. The van der Waals surface area contributed by atoms with Crippen LogP contribution in [0.5, 0.6) is 0 Å². The summed E-state index contributed by atoms with van der Waals surface area (Å²) in [6, 6.07) is 12.6. The molecule has 3 unspecified atom stereocenters. The van der Waals surface area contributed by atoms with Crippen molar-refractivity contribution in [2.45, 2.75) is 58.9 Å². The minimum absolute atomic E-state index is 0.0335. The van der Waals surface area contributed by atoms with Gasteiger partial charge in [-0.3, -0.25) is 9.78 Å². The van der Waals surface area contributed by atoms with Crippen LogP contribution in [-0.2, 0) is 11.2 Å². The van der Waals surface area contributed by atoms with E-state index in [0.717, 1.165) is 30.0 Å². The van der Waals surface area contributed by atoms with Crippen LogP contribution in [0.4, 0.5) is 5.69 Å². The van der Waals surface area contributed by atoms with Crippen LogP contribution in [0.3, 0.4) is 0 Å². The number of hydrogen-bond acceptors (Lipinski definition) is 3. The Labute approximate surface area is 196 Å². The number of amides is 1. The Kier molecular flexibility index (Phi) is 16.4. The third-order valence-corrected chi connectivity index (χ3v) is 5.61. The van der Waals surface area contributed by atoms with Crippen LogP contribution in [-0.4, -0.2) is 24.0 Å². The molecule has 2 aromatic rings. The van der Waals surface area contributed by atoms with Gasteiger partial charge >= 0.3 is 0 Å². The minimum atomic E-state index is -0.0335. The summed E-state index contributed by atoms with van der Waals surface area (Å²) in [6.45, 7) is 17.6. The van der Waals surface area contributed by atoms with E-state index in [1.54, 1.807) is 6.20 Å². The average molecular weight is 438 g/mol. The Morgan fingerprint density at radius 1 is 1.06 bits per heavy atom. The molecule has 2 aliphatic rings. The van der Waals surface area contributed by atoms with Gasteiger partial charge in [-0.15, -0.1) is 26.3 Å². The summed E-state index contributed by atoms with van der Waals surface area (Å²) >= 11 is 0. The van der Waals surface area contributed by atoms with Gasteiger partial charge in [-0.05, 0) is 75.3 Å². The molecule has 2 bridgehead atoms. The van der Waals surface area contributed by atoms with Crippen molar-refractivity contribution in [2.75, 3.05) is 12.4 Å². The number of nitrogens with one attached hydrogen (secondary N) is 2. The highest BCUT2D eigenvalue weighted by Gasteiger charge is 2.38. The van der Waals surface area contributed by atoms with E-state index < -0.39 is 0 Å². The molecule has 2 N–H and O–H groups in total. The molecule has 1 aromatic carbocycles. The molecule has 176 valence electrons. The molecule has 0 spiro atoms. The molecule has 0 aliphatic heterocycles. The molecule has 2 aliphatic carbocycles. The number of nitrogens with zero attached hydrogens (tertiary/aromatic N) is 1. The quantitative estimate of drug-likeness (QED) is 0.532. The Hall–Kier alpha value is -2.72. The zero-order chi connectivity index (χ0) is 24.4. The maximum Gasteiger partial charge on any atom is 0.221 e. The van der Waals surface area contributed by atoms with Gasteiger partial charge in [0.2, 0.25) is 5.91 Å². The van der Waals surface area contributed by atoms with Crippen molar-refractivity contribution in [1.29, 1.82) is 0 Å². The standard InChI is InChI=1S/C9H11NO.C8H15N.C7H9N.2C2H4/c1-7-3-5-9(6-4-7)10-8(2)11;1-9-8-5-6-2-3-7(8)4-6;1-2-7-4-3-5-8-6-7;2*1-2/h3-6H,1-2H3,(H,10,11);6-9H,2-5H2,1H3;3-6H,2H2,1H3;2*1-2H2. The molecule has 4 rings (SSSR count). The first-order valence-corrected chi connectivity index (χ1v) is 11.4. The number of anilines is 1. The van der Waals surface area contributed by atoms with Crippen LogP contribution in [0.25, 0.3) is 0 Å². The number of carbonyl (C=O) groups excluding carboxylic acids is 1. The van der Waals surface area contributed by atoms with E-state index in [-0.39, 0.29) is 5.91 Å². The summed E-state index contributed by atoms with van der Waals surface area (Å²) in [4.78, 5) is 14.5. The first-order chi connectivity index (χ1) is 15.5. The Balaban J connectivity index is 0.000000421. The van der Waals surface area contributed by atoms with Gasteiger partial charge in [-0.25, -0.2) is 0 Å². The second-order valence-electron chi connectivity index (χ2n) is 7.83. The second-order valence-corrected chi connectivity index (χ2v) is 7.83. The molecule has 4 heteroatoms. The van der Waals surface area contributed by atoms with Crippen LogP contribution in [0.15, 0.2) is 75.1 Å². The smallest absolute Gasteiger partial charge is 0.221 e. The zero-order valence-electron chi connectivity index (χ0n) is 20.6. The molecule has 2 fully saturated rings. The van der Waals surface area contributed by atoms with Crippen molar-refractivity contribution in [3.8, 4) is 0 Å². The van der Waals surface area contributed by atoms with Crippen LogP contribution >= 0.6 is 0 Å². The van der Waals surface area contributed by atoms with Gasteiger partial charge in [0.25, 0.3) is 0 Å². The van der Waals surface area contributed by atoms with E-state index in [0.29, 0.717) is 0 Å². The Morgan fingerprint density at radius 2 is 1.72 bits per heavy atom. The van der Waals surface area contributed by atoms with E-state index in [2.05, 4.69) is 62.0 Å². The van der Waals surface area contributed by atoms with Gasteiger partial charge in [-0.2, -0.15) is 0 Å². The predicted molar refractivity (Wildman–Crippen MR) is 140 cm³/mol. The summed E-state index contributed by atoms with van der Waals surface area (Å²) in [5.74, 6) is 2.10. The third-order valence-electron chi connectivity index (χ3n) is 5.61. The summed E-state index contributed by atoms with van der Waals surface area (Å²) in [6.07, 6.45) is 10.7. The lowest BCUT2D eigenvalue weighted by Crippen LogP contribution is -2.30. The van der Waals surface area contributed by atoms with Crippen LogP contribution in [0.2, 0.25) is 0 Å². The van der Waals surface area contributed by atoms with Gasteiger partial charge in [0.1, 0.15) is 0 Å². The predicted octanol–water partition coefficient (Wildman–Crippen LogP) is 6.60. The number of rotatable bonds is 3. The molecule has 0 radical (unpaired) electrons. The normalized spacial score (nSPS) is 19.3. The van der Waals surface area contributed by atoms with Gasteiger partial charge in [-0.1, -0.05) is 37.1 Å². The summed E-state index contributed by atoms with van der Waals surface area (Å²) in [7, 11) is 2.10. The maximum atomic E-state index is 10.6. The van der Waals surface area contributed by atoms with E-state index in [1.165, 1.54) is 43.7 Å². The lowest BCUT2D eigenvalue weighted by molar-refractivity contribution is -0.114. The van der Waals surface area contributed by atoms with Crippen LogP contribution in [0.1, 0.15) is 50.7 Å². The molecule has 1 aromatic heterocycles. The topological polar surface area (TPSA) is 54.0 Å². The van der Waals surface area contributed by atoms with Gasteiger partial charge < -0.3 is 10.6 Å². The molecule has 4 nitrogen and oxygen atoms in total. The minimum Gasteiger partial charge on any atom is -0.326 e. The van der Waals surface area contributed by atoms with Crippen molar-refractivity contribution < 1.29 is 4.79 Å². The third kappa shape index (κ3) is 11.6. The average Bonchev–Trinajstić information content (AvgIpc) is 3.48. The number of carbonyl (C=O) groups is 1. The summed E-state index contributed by atoms with van der Waals surface area (Å²) < 4.78 is 0. The Morgan fingerprint density at radius 3 is 2.06 bits per heavy atom. The molecular formula is C28H43N3O. The van der Waals surface area contributed by atoms with Crippen molar-refractivity contribution in [3.63, 3.8) is 0 Å².